The Kier molecular flexibility index (Phi) is 7.19. The van der Waals surface area contributed by atoms with E-state index in [4.69, 9.17) is 0 Å². The van der Waals surface area contributed by atoms with Gasteiger partial charge in [0.1, 0.15) is 0 Å². The smallest absolute Gasteiger partial charge is 0.0651 e. The van der Waals surface area contributed by atoms with Gasteiger partial charge in [-0.25, -0.2) is 0 Å². The maximum absolute atomic E-state index is 10.3. The van der Waals surface area contributed by atoms with Crippen LogP contribution in [0.4, 0.5) is 0 Å². The van der Waals surface area contributed by atoms with Crippen molar-refractivity contribution in [2.24, 2.45) is 29.1 Å². The van der Waals surface area contributed by atoms with Gasteiger partial charge in [-0.3, -0.25) is 0 Å². The number of aliphatic hydroxyl groups is 2. The van der Waals surface area contributed by atoms with Crippen LogP contribution in [0, 0.1) is 29.1 Å². The molecule has 0 aromatic heterocycles. The summed E-state index contributed by atoms with van der Waals surface area (Å²) in [5.41, 5.74) is 3.78. The Bertz CT molecular complexity index is 719. The number of allylic oxidation sites excluding steroid dienone is 5. The quantitative estimate of drug-likeness (QED) is 0.490. The SMILES string of the molecule is C=C1CC[C@H](O)C/C1=C/C=C1\CCC[C@@]2(C)C1CC[C@@H]2[C@H](C)/C=C/[C@H](C)C(C)(C)O. The van der Waals surface area contributed by atoms with E-state index in [0.29, 0.717) is 23.2 Å². The molecule has 0 spiro atoms. The molecular formula is C28H44O2. The van der Waals surface area contributed by atoms with E-state index in [1.807, 2.05) is 13.8 Å². The second kappa shape index (κ2) is 9.17. The van der Waals surface area contributed by atoms with Crippen molar-refractivity contribution < 1.29 is 10.2 Å². The summed E-state index contributed by atoms with van der Waals surface area (Å²) in [6.45, 7) is 15.0. The normalized spacial score (nSPS) is 37.7. The third-order valence-corrected chi connectivity index (χ3v) is 8.68. The average molecular weight is 413 g/mol. The molecule has 2 heteroatoms. The summed E-state index contributed by atoms with van der Waals surface area (Å²) in [5.74, 6) is 2.08. The average Bonchev–Trinajstić information content (AvgIpc) is 3.03. The summed E-state index contributed by atoms with van der Waals surface area (Å²) in [6.07, 6.45) is 18.0. The summed E-state index contributed by atoms with van der Waals surface area (Å²) in [4.78, 5) is 0. The van der Waals surface area contributed by atoms with Crippen LogP contribution in [0.3, 0.4) is 0 Å². The standard InChI is InChI=1S/C28H44O2/c1-19-10-14-24(29)18-23(19)13-12-22-8-7-17-28(6)25(15-16-26(22)28)20(2)9-11-21(3)27(4,5)30/h9,11-13,20-21,24-26,29-30H,1,7-8,10,14-18H2,2-6H3/b11-9+,22-12+,23-13-/t20-,21+,24+,25-,26?,28-/m1/s1. The molecule has 0 heterocycles. The summed E-state index contributed by atoms with van der Waals surface area (Å²) in [5, 5.41) is 20.3. The Morgan fingerprint density at radius 2 is 1.83 bits per heavy atom. The molecule has 0 aliphatic heterocycles. The Balaban J connectivity index is 1.75. The van der Waals surface area contributed by atoms with Crippen LogP contribution in [0.5, 0.6) is 0 Å². The van der Waals surface area contributed by atoms with E-state index in [1.165, 1.54) is 43.3 Å². The van der Waals surface area contributed by atoms with Crippen molar-refractivity contribution in [3.05, 3.63) is 47.6 Å². The first-order chi connectivity index (χ1) is 14.0. The molecule has 3 fully saturated rings. The molecule has 2 nitrogen and oxygen atoms in total. The predicted octanol–water partition coefficient (Wildman–Crippen LogP) is 6.76. The molecule has 30 heavy (non-hydrogen) atoms. The van der Waals surface area contributed by atoms with E-state index in [9.17, 15) is 10.2 Å². The van der Waals surface area contributed by atoms with Gasteiger partial charge in [0.15, 0.2) is 0 Å². The van der Waals surface area contributed by atoms with Crippen LogP contribution in [0.15, 0.2) is 47.6 Å². The Morgan fingerprint density at radius 1 is 1.10 bits per heavy atom. The third-order valence-electron chi connectivity index (χ3n) is 8.68. The molecule has 0 bridgehead atoms. The lowest BCUT2D eigenvalue weighted by Crippen LogP contribution is -2.35. The molecule has 3 rings (SSSR count). The van der Waals surface area contributed by atoms with Gasteiger partial charge in [-0.15, -0.1) is 0 Å². The summed E-state index contributed by atoms with van der Waals surface area (Å²) >= 11 is 0. The summed E-state index contributed by atoms with van der Waals surface area (Å²) in [6, 6.07) is 0. The molecule has 168 valence electrons. The van der Waals surface area contributed by atoms with Gasteiger partial charge < -0.3 is 10.2 Å². The van der Waals surface area contributed by atoms with Crippen molar-refractivity contribution in [2.45, 2.75) is 97.7 Å². The highest BCUT2D eigenvalue weighted by molar-refractivity contribution is 5.36. The van der Waals surface area contributed by atoms with Crippen LogP contribution in [0.25, 0.3) is 0 Å². The number of aliphatic hydroxyl groups excluding tert-OH is 1. The molecule has 0 aromatic rings. The van der Waals surface area contributed by atoms with Crippen LogP contribution in [0.2, 0.25) is 0 Å². The monoisotopic (exact) mass is 412 g/mol. The lowest BCUT2D eigenvalue weighted by molar-refractivity contribution is 0.0436. The summed E-state index contributed by atoms with van der Waals surface area (Å²) in [7, 11) is 0. The lowest BCUT2D eigenvalue weighted by Gasteiger charge is -2.44. The van der Waals surface area contributed by atoms with Gasteiger partial charge >= 0.3 is 0 Å². The number of hydrogen-bond acceptors (Lipinski definition) is 2. The van der Waals surface area contributed by atoms with Gasteiger partial charge in [0.25, 0.3) is 0 Å². The highest BCUT2D eigenvalue weighted by Gasteiger charge is 2.50. The third kappa shape index (κ3) is 5.02. The second-order valence-electron chi connectivity index (χ2n) is 11.2. The Morgan fingerprint density at radius 3 is 2.53 bits per heavy atom. The minimum Gasteiger partial charge on any atom is -0.393 e. The van der Waals surface area contributed by atoms with E-state index in [2.05, 4.69) is 51.7 Å². The summed E-state index contributed by atoms with van der Waals surface area (Å²) < 4.78 is 0. The van der Waals surface area contributed by atoms with Gasteiger partial charge in [-0.2, -0.15) is 0 Å². The van der Waals surface area contributed by atoms with Crippen molar-refractivity contribution in [3.8, 4) is 0 Å². The van der Waals surface area contributed by atoms with E-state index in [0.717, 1.165) is 19.3 Å². The molecule has 0 radical (unpaired) electrons. The van der Waals surface area contributed by atoms with E-state index < -0.39 is 5.60 Å². The number of rotatable bonds is 5. The first-order valence-corrected chi connectivity index (χ1v) is 12.2. The number of fused-ring (bicyclic) bond motifs is 1. The molecule has 0 saturated heterocycles. The lowest BCUT2D eigenvalue weighted by atomic mass is 9.61. The topological polar surface area (TPSA) is 40.5 Å². The van der Waals surface area contributed by atoms with Crippen molar-refractivity contribution in [3.63, 3.8) is 0 Å². The molecule has 3 saturated carbocycles. The largest absolute Gasteiger partial charge is 0.393 e. The maximum atomic E-state index is 10.3. The van der Waals surface area contributed by atoms with Crippen molar-refractivity contribution in [1.82, 2.24) is 0 Å². The maximum Gasteiger partial charge on any atom is 0.0651 e. The molecule has 0 amide bonds. The first kappa shape index (κ1) is 23.5. The van der Waals surface area contributed by atoms with Gasteiger partial charge in [0, 0.05) is 5.92 Å². The van der Waals surface area contributed by atoms with Crippen LogP contribution >= 0.6 is 0 Å². The van der Waals surface area contributed by atoms with E-state index >= 15 is 0 Å². The fraction of sp³-hybridized carbons (Fsp3) is 0.714. The minimum absolute atomic E-state index is 0.164. The molecule has 0 aromatic carbocycles. The fourth-order valence-electron chi connectivity index (χ4n) is 6.25. The van der Waals surface area contributed by atoms with E-state index in [1.54, 1.807) is 5.57 Å². The molecule has 6 atom stereocenters. The highest BCUT2D eigenvalue weighted by Crippen LogP contribution is 2.59. The fourth-order valence-corrected chi connectivity index (χ4v) is 6.25. The molecule has 3 aliphatic carbocycles. The van der Waals surface area contributed by atoms with Gasteiger partial charge in [0.2, 0.25) is 0 Å². The zero-order valence-electron chi connectivity index (χ0n) is 20.0. The zero-order chi connectivity index (χ0) is 22.1. The van der Waals surface area contributed by atoms with E-state index in [-0.39, 0.29) is 12.0 Å². The van der Waals surface area contributed by atoms with Crippen molar-refractivity contribution in [2.75, 3.05) is 0 Å². The predicted molar refractivity (Wildman–Crippen MR) is 127 cm³/mol. The van der Waals surface area contributed by atoms with Gasteiger partial charge in [-0.05, 0) is 94.0 Å². The molecular weight excluding hydrogens is 368 g/mol. The van der Waals surface area contributed by atoms with Crippen LogP contribution in [-0.4, -0.2) is 21.9 Å². The van der Waals surface area contributed by atoms with Crippen LogP contribution in [0.1, 0.15) is 86.0 Å². The highest BCUT2D eigenvalue weighted by atomic mass is 16.3. The molecule has 2 N–H and O–H groups in total. The Hall–Kier alpha value is -1.12. The molecule has 1 unspecified atom stereocenters. The van der Waals surface area contributed by atoms with Crippen LogP contribution < -0.4 is 0 Å². The molecule has 3 aliphatic rings. The van der Waals surface area contributed by atoms with Crippen molar-refractivity contribution in [1.29, 1.82) is 0 Å². The first-order valence-electron chi connectivity index (χ1n) is 12.2. The number of hydrogen-bond donors (Lipinski definition) is 2. The minimum atomic E-state index is -0.663. The van der Waals surface area contributed by atoms with Crippen molar-refractivity contribution >= 4 is 0 Å². The second-order valence-corrected chi connectivity index (χ2v) is 11.2. The van der Waals surface area contributed by atoms with Gasteiger partial charge in [0.05, 0.1) is 11.7 Å². The zero-order valence-corrected chi connectivity index (χ0v) is 20.0. The van der Waals surface area contributed by atoms with Crippen LogP contribution in [-0.2, 0) is 0 Å². The van der Waals surface area contributed by atoms with Gasteiger partial charge in [-0.1, -0.05) is 62.8 Å². The Labute approximate surface area is 184 Å².